The van der Waals surface area contributed by atoms with Gasteiger partial charge in [0, 0.05) is 35.6 Å². The van der Waals surface area contributed by atoms with Gasteiger partial charge in [0.25, 0.3) is 20.0 Å². The maximum atomic E-state index is 13.3. The standard InChI is InChI=1S/C22H29N5O2S.C14H12ClN3O2S.C8H18N2.3CH4/c1-15-5-11-19(12-6-15)30(28,29)27-16(2)13-20-21(23-14-24-22(20)27)25-17-7-9-18(10-8-17)26(3)4;1-9-3-5-11(6-4-9)21(19,20)18-10(2)7-12-13(15)16-8-17-14(12)18;1-10(2)8-5-3-7(9)4-6-8;;;/h5-6,11-14,17-18H,7-10H2,1-4H3,(H,23,24,25);3-8H,1-2H3;7-8H,3-6,9H2,1-2H3;3*1H4. The number of benzene rings is 2. The summed E-state index contributed by atoms with van der Waals surface area (Å²) in [6.07, 6.45) is 12.1. The average molecular weight is 940 g/mol. The van der Waals surface area contributed by atoms with Crippen LogP contribution in [0.25, 0.3) is 22.1 Å². The van der Waals surface area contributed by atoms with E-state index in [4.69, 9.17) is 17.3 Å². The first-order valence-corrected chi connectivity index (χ1v) is 23.9. The molecule has 2 aliphatic rings. The molecule has 0 atom stereocenters. The van der Waals surface area contributed by atoms with Gasteiger partial charge in [0.2, 0.25) is 0 Å². The number of nitrogens with two attached hydrogens (primary N) is 1. The highest BCUT2D eigenvalue weighted by atomic mass is 35.5. The molecule has 0 radical (unpaired) electrons. The molecule has 3 N–H and O–H groups in total. The quantitative estimate of drug-likeness (QED) is 0.139. The molecule has 0 unspecified atom stereocenters. The van der Waals surface area contributed by atoms with E-state index in [2.05, 4.69) is 63.2 Å². The zero-order valence-corrected chi connectivity index (χ0v) is 38.8. The van der Waals surface area contributed by atoms with Gasteiger partial charge >= 0.3 is 0 Å². The summed E-state index contributed by atoms with van der Waals surface area (Å²) in [7, 11) is 1.11. The Kier molecular flexibility index (Phi) is 19.1. The van der Waals surface area contributed by atoms with Crippen LogP contribution in [0, 0.1) is 27.7 Å². The lowest BCUT2D eigenvalue weighted by atomic mass is 9.90. The number of aromatic nitrogens is 6. The van der Waals surface area contributed by atoms with Crippen molar-refractivity contribution in [1.82, 2.24) is 37.7 Å². The largest absolute Gasteiger partial charge is 0.367 e. The summed E-state index contributed by atoms with van der Waals surface area (Å²) in [6.45, 7) is 7.33. The van der Waals surface area contributed by atoms with Gasteiger partial charge in [-0.05, 0) is 144 Å². The Morgan fingerprint density at radius 2 is 0.984 bits per heavy atom. The molecule has 0 spiro atoms. The van der Waals surface area contributed by atoms with Crippen LogP contribution in [-0.4, -0.2) is 107 Å². The minimum Gasteiger partial charge on any atom is -0.367 e. The molecular weight excluding hydrogens is 868 g/mol. The topological polar surface area (TPSA) is 174 Å². The lowest BCUT2D eigenvalue weighted by Crippen LogP contribution is -2.36. The fraction of sp³-hybridized carbons (Fsp3) is 0.489. The monoisotopic (exact) mass is 938 g/mol. The fourth-order valence-electron chi connectivity index (χ4n) is 8.10. The number of fused-ring (bicyclic) bond motifs is 2. The predicted octanol–water partition coefficient (Wildman–Crippen LogP) is 9.23. The Morgan fingerprint density at radius 3 is 1.42 bits per heavy atom. The highest BCUT2D eigenvalue weighted by Crippen LogP contribution is 2.31. The minimum atomic E-state index is -3.74. The molecule has 0 saturated heterocycles. The molecule has 352 valence electrons. The molecule has 4 heterocycles. The number of nitrogens with zero attached hydrogens (tertiary/aromatic N) is 8. The van der Waals surface area contributed by atoms with Gasteiger partial charge in [0.15, 0.2) is 11.3 Å². The Hall–Kier alpha value is -4.45. The van der Waals surface area contributed by atoms with E-state index < -0.39 is 20.0 Å². The van der Waals surface area contributed by atoms with Crippen LogP contribution in [0.15, 0.2) is 83.1 Å². The lowest BCUT2D eigenvalue weighted by molar-refractivity contribution is 0.217. The van der Waals surface area contributed by atoms with Gasteiger partial charge < -0.3 is 20.9 Å². The Morgan fingerprint density at radius 1 is 0.594 bits per heavy atom. The molecule has 6 aromatic rings. The Labute approximate surface area is 387 Å². The van der Waals surface area contributed by atoms with Gasteiger partial charge in [0.05, 0.1) is 20.6 Å². The fourth-order valence-corrected chi connectivity index (χ4v) is 11.3. The van der Waals surface area contributed by atoms with Crippen LogP contribution >= 0.6 is 11.6 Å². The van der Waals surface area contributed by atoms with Crippen molar-refractivity contribution in [1.29, 1.82) is 0 Å². The van der Waals surface area contributed by atoms with Gasteiger partial charge in [-0.1, -0.05) is 69.3 Å². The van der Waals surface area contributed by atoms with E-state index in [9.17, 15) is 16.8 Å². The second kappa shape index (κ2) is 22.6. The third-order valence-electron chi connectivity index (χ3n) is 11.8. The van der Waals surface area contributed by atoms with Gasteiger partial charge in [0.1, 0.15) is 23.6 Å². The molecule has 14 nitrogen and oxygen atoms in total. The number of hydrogen-bond donors (Lipinski definition) is 2. The Bertz CT molecular complexity index is 2650. The van der Waals surface area contributed by atoms with Crippen molar-refractivity contribution in [3.05, 3.63) is 101 Å². The minimum absolute atomic E-state index is 0. The zero-order valence-electron chi connectivity index (χ0n) is 36.4. The third-order valence-corrected chi connectivity index (χ3v) is 15.7. The summed E-state index contributed by atoms with van der Waals surface area (Å²) in [4.78, 5) is 21.8. The van der Waals surface area contributed by atoms with Crippen LogP contribution in [0.5, 0.6) is 0 Å². The summed E-state index contributed by atoms with van der Waals surface area (Å²) in [5.41, 5.74) is 9.63. The van der Waals surface area contributed by atoms with E-state index in [0.29, 0.717) is 46.4 Å². The van der Waals surface area contributed by atoms with Gasteiger partial charge in [-0.2, -0.15) is 0 Å². The molecular formula is C47H71ClN10O4S2. The molecule has 2 aliphatic carbocycles. The number of nitrogens with one attached hydrogen (secondary N) is 1. The molecule has 17 heteroatoms. The molecule has 0 aliphatic heterocycles. The van der Waals surface area contributed by atoms with Gasteiger partial charge in [-0.3, -0.25) is 0 Å². The molecule has 0 bridgehead atoms. The SMILES string of the molecule is C.C.C.CN(C)C1CCC(N)CC1.Cc1ccc(S(=O)(=O)n2c(C)cc3c(Cl)ncnc32)cc1.Cc1ccc(S(=O)(=O)n2c(C)cc3c(NC4CCC(N(C)C)CC4)ncnc32)cc1. The molecule has 8 rings (SSSR count). The van der Waals surface area contributed by atoms with Crippen molar-refractivity contribution in [2.75, 3.05) is 33.5 Å². The summed E-state index contributed by atoms with van der Waals surface area (Å²) in [5, 5.41) is 5.04. The summed E-state index contributed by atoms with van der Waals surface area (Å²) >= 11 is 6.00. The number of anilines is 1. The van der Waals surface area contributed by atoms with Crippen LogP contribution in [-0.2, 0) is 20.0 Å². The van der Waals surface area contributed by atoms with Crippen molar-refractivity contribution in [2.24, 2.45) is 5.73 Å². The molecule has 64 heavy (non-hydrogen) atoms. The van der Waals surface area contributed by atoms with Crippen molar-refractivity contribution in [2.45, 2.75) is 135 Å². The van der Waals surface area contributed by atoms with Crippen molar-refractivity contribution < 1.29 is 16.8 Å². The normalized spacial score (nSPS) is 18.8. The second-order valence-electron chi connectivity index (χ2n) is 16.7. The maximum Gasteiger partial charge on any atom is 0.269 e. The number of halogens is 1. The highest BCUT2D eigenvalue weighted by Gasteiger charge is 2.27. The van der Waals surface area contributed by atoms with Crippen molar-refractivity contribution in [3.8, 4) is 0 Å². The predicted molar refractivity (Wildman–Crippen MR) is 265 cm³/mol. The Balaban J connectivity index is 0.000000279. The lowest BCUT2D eigenvalue weighted by Gasteiger charge is -2.33. The summed E-state index contributed by atoms with van der Waals surface area (Å²) in [6, 6.07) is 19.3. The summed E-state index contributed by atoms with van der Waals surface area (Å²) in [5.74, 6) is 0.703. The number of aryl methyl sites for hydroxylation is 4. The van der Waals surface area contributed by atoms with E-state index in [1.165, 1.54) is 46.3 Å². The third kappa shape index (κ3) is 12.1. The van der Waals surface area contributed by atoms with Crippen LogP contribution < -0.4 is 11.1 Å². The van der Waals surface area contributed by atoms with Crippen molar-refractivity contribution in [3.63, 3.8) is 0 Å². The number of hydrogen-bond acceptors (Lipinski definition) is 12. The van der Waals surface area contributed by atoms with Crippen LogP contribution in [0.4, 0.5) is 5.82 Å². The van der Waals surface area contributed by atoms with E-state index in [1.807, 2.05) is 19.9 Å². The van der Waals surface area contributed by atoms with Crippen LogP contribution in [0.3, 0.4) is 0 Å². The highest BCUT2D eigenvalue weighted by molar-refractivity contribution is 7.90. The van der Waals surface area contributed by atoms with E-state index in [-0.39, 0.29) is 42.9 Å². The summed E-state index contributed by atoms with van der Waals surface area (Å²) < 4.78 is 54.8. The zero-order chi connectivity index (χ0) is 44.2. The molecule has 2 saturated carbocycles. The van der Waals surface area contributed by atoms with Crippen LogP contribution in [0.1, 0.15) is 96.2 Å². The van der Waals surface area contributed by atoms with E-state index in [1.54, 1.807) is 68.4 Å². The molecule has 4 aromatic heterocycles. The van der Waals surface area contributed by atoms with Crippen molar-refractivity contribution >= 4 is 59.5 Å². The smallest absolute Gasteiger partial charge is 0.269 e. The van der Waals surface area contributed by atoms with Gasteiger partial charge in [-0.25, -0.2) is 44.7 Å². The molecule has 2 aromatic carbocycles. The average Bonchev–Trinajstić information content (AvgIpc) is 3.76. The second-order valence-corrected chi connectivity index (χ2v) is 20.7. The van der Waals surface area contributed by atoms with E-state index in [0.717, 1.165) is 48.2 Å². The molecule has 2 fully saturated rings. The first-order valence-electron chi connectivity index (χ1n) is 20.7. The molecule has 0 amide bonds. The maximum absolute atomic E-state index is 13.3. The van der Waals surface area contributed by atoms with Gasteiger partial charge in [-0.15, -0.1) is 0 Å². The first-order chi connectivity index (χ1) is 28.9. The number of rotatable bonds is 8. The van der Waals surface area contributed by atoms with E-state index >= 15 is 0 Å². The first kappa shape index (κ1) is 53.9. The van der Waals surface area contributed by atoms with Crippen LogP contribution in [0.2, 0.25) is 5.15 Å².